The van der Waals surface area contributed by atoms with Gasteiger partial charge >= 0.3 is 0 Å². The van der Waals surface area contributed by atoms with E-state index in [4.69, 9.17) is 5.26 Å². The molecule has 164 valence electrons. The zero-order valence-corrected chi connectivity index (χ0v) is 18.6. The first-order valence-corrected chi connectivity index (χ1v) is 11.0. The molecule has 0 saturated heterocycles. The minimum absolute atomic E-state index is 0.0936. The van der Waals surface area contributed by atoms with Crippen LogP contribution < -0.4 is 16.0 Å². The van der Waals surface area contributed by atoms with Gasteiger partial charge in [-0.25, -0.2) is 4.98 Å². The fourth-order valence-electron chi connectivity index (χ4n) is 3.01. The lowest BCUT2D eigenvalue weighted by atomic mass is 10.0. The summed E-state index contributed by atoms with van der Waals surface area (Å²) in [5, 5.41) is 19.9. The third-order valence-corrected chi connectivity index (χ3v) is 5.31. The molecule has 32 heavy (non-hydrogen) atoms. The van der Waals surface area contributed by atoms with Gasteiger partial charge in [0, 0.05) is 34.6 Å². The van der Waals surface area contributed by atoms with Gasteiger partial charge < -0.3 is 16.0 Å². The van der Waals surface area contributed by atoms with E-state index in [1.165, 1.54) is 11.3 Å². The maximum atomic E-state index is 12.7. The van der Waals surface area contributed by atoms with Crippen LogP contribution in [0, 0.1) is 17.2 Å². The summed E-state index contributed by atoms with van der Waals surface area (Å²) in [5.74, 6) is -0.496. The standard InChI is InChI=1S/C23H24N6O2S/c1-15(2)13-19(22(31)26-12-9-24)28-21(30)17-5-3-16(4-6-17)20-14-32-23(29-20)27-18-7-10-25-11-8-18/h3-8,10-11,14-15,19H,12-13H2,1-2H3,(H,26,31)(H,28,30)(H,25,27,29)/t19-/m0/s1. The molecule has 0 saturated carbocycles. The molecular weight excluding hydrogens is 424 g/mol. The Morgan fingerprint density at radius 1 is 1.12 bits per heavy atom. The normalized spacial score (nSPS) is 11.4. The van der Waals surface area contributed by atoms with Crippen molar-refractivity contribution >= 4 is 34.0 Å². The molecule has 0 spiro atoms. The van der Waals surface area contributed by atoms with Crippen LogP contribution in [0.2, 0.25) is 0 Å². The van der Waals surface area contributed by atoms with Crippen LogP contribution in [-0.2, 0) is 4.79 Å². The molecular formula is C23H24N6O2S. The predicted octanol–water partition coefficient (Wildman–Crippen LogP) is 3.73. The second-order valence-corrected chi connectivity index (χ2v) is 8.37. The van der Waals surface area contributed by atoms with Crippen molar-refractivity contribution in [3.63, 3.8) is 0 Å². The Morgan fingerprint density at radius 2 is 1.84 bits per heavy atom. The number of nitrogens with zero attached hydrogens (tertiary/aromatic N) is 3. The third-order valence-electron chi connectivity index (χ3n) is 4.55. The summed E-state index contributed by atoms with van der Waals surface area (Å²) < 4.78 is 0. The number of hydrogen-bond donors (Lipinski definition) is 3. The number of pyridine rings is 1. The molecule has 0 aliphatic heterocycles. The molecule has 3 rings (SSSR count). The van der Waals surface area contributed by atoms with Crippen LogP contribution in [0.25, 0.3) is 11.3 Å². The number of aromatic nitrogens is 2. The maximum absolute atomic E-state index is 12.7. The van der Waals surface area contributed by atoms with E-state index in [0.717, 1.165) is 22.1 Å². The molecule has 9 heteroatoms. The van der Waals surface area contributed by atoms with Gasteiger partial charge in [-0.3, -0.25) is 14.6 Å². The number of hydrogen-bond acceptors (Lipinski definition) is 7. The number of thiazole rings is 1. The van der Waals surface area contributed by atoms with Crippen LogP contribution in [0.15, 0.2) is 54.2 Å². The summed E-state index contributed by atoms with van der Waals surface area (Å²) in [4.78, 5) is 33.6. The van der Waals surface area contributed by atoms with Crippen molar-refractivity contribution in [2.24, 2.45) is 5.92 Å². The predicted molar refractivity (Wildman–Crippen MR) is 124 cm³/mol. The van der Waals surface area contributed by atoms with Gasteiger partial charge in [0.1, 0.15) is 12.6 Å². The summed E-state index contributed by atoms with van der Waals surface area (Å²) in [6.07, 6.45) is 3.90. The van der Waals surface area contributed by atoms with E-state index in [1.807, 2.05) is 49.6 Å². The van der Waals surface area contributed by atoms with Crippen molar-refractivity contribution < 1.29 is 9.59 Å². The van der Waals surface area contributed by atoms with Gasteiger partial charge in [-0.15, -0.1) is 11.3 Å². The Balaban J connectivity index is 1.66. The molecule has 2 amide bonds. The van der Waals surface area contributed by atoms with Gasteiger partial charge in [-0.1, -0.05) is 26.0 Å². The Morgan fingerprint density at radius 3 is 2.50 bits per heavy atom. The molecule has 3 N–H and O–H groups in total. The van der Waals surface area contributed by atoms with Gasteiger partial charge in [0.25, 0.3) is 5.91 Å². The molecule has 0 aliphatic carbocycles. The monoisotopic (exact) mass is 448 g/mol. The average molecular weight is 449 g/mol. The van der Waals surface area contributed by atoms with Crippen LogP contribution in [0.3, 0.4) is 0 Å². The SMILES string of the molecule is CC(C)C[C@H](NC(=O)c1ccc(-c2csc(Nc3ccncc3)n2)cc1)C(=O)NCC#N. The van der Waals surface area contributed by atoms with Gasteiger partial charge in [0.15, 0.2) is 5.13 Å². The van der Waals surface area contributed by atoms with Crippen LogP contribution in [-0.4, -0.2) is 34.4 Å². The summed E-state index contributed by atoms with van der Waals surface area (Å²) in [5.41, 5.74) is 3.03. The number of nitriles is 1. The quantitative estimate of drug-likeness (QED) is 0.429. The molecule has 0 fully saturated rings. The Kier molecular flexibility index (Phi) is 7.89. The lowest BCUT2D eigenvalue weighted by molar-refractivity contribution is -0.123. The van der Waals surface area contributed by atoms with Crippen LogP contribution in [0.4, 0.5) is 10.8 Å². The van der Waals surface area contributed by atoms with E-state index in [9.17, 15) is 9.59 Å². The lowest BCUT2D eigenvalue weighted by Crippen LogP contribution is -2.47. The first kappa shape index (κ1) is 22.9. The van der Waals surface area contributed by atoms with Crippen molar-refractivity contribution in [3.05, 3.63) is 59.7 Å². The van der Waals surface area contributed by atoms with Gasteiger partial charge in [0.05, 0.1) is 11.8 Å². The highest BCUT2D eigenvalue weighted by Gasteiger charge is 2.22. The maximum Gasteiger partial charge on any atom is 0.251 e. The smallest absolute Gasteiger partial charge is 0.251 e. The van der Waals surface area contributed by atoms with Crippen molar-refractivity contribution in [3.8, 4) is 17.3 Å². The Labute approximate surface area is 190 Å². The number of anilines is 2. The minimum Gasteiger partial charge on any atom is -0.341 e. The number of carbonyl (C=O) groups excluding carboxylic acids is 2. The topological polar surface area (TPSA) is 120 Å². The third kappa shape index (κ3) is 6.36. The molecule has 0 aliphatic rings. The van der Waals surface area contributed by atoms with E-state index in [0.29, 0.717) is 12.0 Å². The highest BCUT2D eigenvalue weighted by Crippen LogP contribution is 2.27. The minimum atomic E-state index is -0.698. The molecule has 1 atom stereocenters. The first-order chi connectivity index (χ1) is 15.5. The number of rotatable bonds is 9. The van der Waals surface area contributed by atoms with Crippen molar-refractivity contribution in [2.75, 3.05) is 11.9 Å². The highest BCUT2D eigenvalue weighted by molar-refractivity contribution is 7.14. The number of benzene rings is 1. The van der Waals surface area contributed by atoms with Crippen molar-refractivity contribution in [1.82, 2.24) is 20.6 Å². The van der Waals surface area contributed by atoms with E-state index in [2.05, 4.69) is 25.9 Å². The van der Waals surface area contributed by atoms with E-state index in [1.54, 1.807) is 24.5 Å². The van der Waals surface area contributed by atoms with Gasteiger partial charge in [-0.2, -0.15) is 5.26 Å². The van der Waals surface area contributed by atoms with E-state index < -0.39 is 6.04 Å². The van der Waals surface area contributed by atoms with Gasteiger partial charge in [0.2, 0.25) is 5.91 Å². The lowest BCUT2D eigenvalue weighted by Gasteiger charge is -2.19. The molecule has 1 aromatic carbocycles. The molecule has 0 bridgehead atoms. The van der Waals surface area contributed by atoms with Crippen molar-refractivity contribution in [1.29, 1.82) is 5.26 Å². The van der Waals surface area contributed by atoms with Crippen molar-refractivity contribution in [2.45, 2.75) is 26.3 Å². The molecule has 3 aromatic rings. The average Bonchev–Trinajstić information content (AvgIpc) is 3.26. The first-order valence-electron chi connectivity index (χ1n) is 10.1. The summed E-state index contributed by atoms with van der Waals surface area (Å²) in [7, 11) is 0. The number of carbonyl (C=O) groups is 2. The molecule has 8 nitrogen and oxygen atoms in total. The second kappa shape index (κ2) is 11.0. The molecule has 2 aromatic heterocycles. The molecule has 0 unspecified atom stereocenters. The highest BCUT2D eigenvalue weighted by atomic mass is 32.1. The summed E-state index contributed by atoms with van der Waals surface area (Å²) in [6.45, 7) is 3.85. The fraction of sp³-hybridized carbons (Fsp3) is 0.261. The van der Waals surface area contributed by atoms with Gasteiger partial charge in [-0.05, 0) is 36.6 Å². The zero-order chi connectivity index (χ0) is 22.9. The molecule has 0 radical (unpaired) electrons. The fourth-order valence-corrected chi connectivity index (χ4v) is 3.75. The second-order valence-electron chi connectivity index (χ2n) is 7.51. The largest absolute Gasteiger partial charge is 0.341 e. The van der Waals surface area contributed by atoms with Crippen LogP contribution in [0.5, 0.6) is 0 Å². The zero-order valence-electron chi connectivity index (χ0n) is 17.8. The summed E-state index contributed by atoms with van der Waals surface area (Å²) >= 11 is 1.48. The Hall–Kier alpha value is -3.77. The molecule has 2 heterocycles. The Bertz CT molecular complexity index is 1090. The number of nitrogens with one attached hydrogen (secondary N) is 3. The van der Waals surface area contributed by atoms with E-state index in [-0.39, 0.29) is 24.3 Å². The van der Waals surface area contributed by atoms with Crippen LogP contribution >= 0.6 is 11.3 Å². The van der Waals surface area contributed by atoms with Crippen LogP contribution in [0.1, 0.15) is 30.6 Å². The number of amides is 2. The van der Waals surface area contributed by atoms with E-state index >= 15 is 0 Å². The summed E-state index contributed by atoms with van der Waals surface area (Å²) in [6, 6.07) is 12.0.